The van der Waals surface area contributed by atoms with Gasteiger partial charge in [-0.25, -0.2) is 0 Å². The van der Waals surface area contributed by atoms with E-state index >= 15 is 0 Å². The van der Waals surface area contributed by atoms with Crippen molar-refractivity contribution >= 4 is 17.6 Å². The summed E-state index contributed by atoms with van der Waals surface area (Å²) in [6.07, 6.45) is 0.227. The second kappa shape index (κ2) is 5.17. The Hall–Kier alpha value is -2.00. The molecule has 1 unspecified atom stereocenters. The summed E-state index contributed by atoms with van der Waals surface area (Å²) in [4.78, 5) is 10.8. The predicted molar refractivity (Wildman–Crippen MR) is 77.1 cm³/mol. The monoisotopic (exact) mass is 288 g/mol. The number of hydrogen-bond donors (Lipinski definition) is 1. The first-order chi connectivity index (χ1) is 9.65. The second-order valence-electron chi connectivity index (χ2n) is 4.77. The summed E-state index contributed by atoms with van der Waals surface area (Å²) in [6.45, 7) is 0. The topological polar surface area (TPSA) is 46.5 Å². The van der Waals surface area contributed by atoms with Gasteiger partial charge in [0.1, 0.15) is 11.9 Å². The highest BCUT2D eigenvalue weighted by Crippen LogP contribution is 2.44. The van der Waals surface area contributed by atoms with Crippen molar-refractivity contribution in [2.45, 2.75) is 18.9 Å². The number of para-hydroxylation sites is 1. The third-order valence-electron chi connectivity index (χ3n) is 3.43. The molecule has 3 rings (SSSR count). The number of rotatable bonds is 3. The van der Waals surface area contributed by atoms with Gasteiger partial charge in [0.15, 0.2) is 0 Å². The Bertz CT molecular complexity index is 667. The molecule has 0 amide bonds. The van der Waals surface area contributed by atoms with Crippen molar-refractivity contribution < 1.29 is 14.6 Å². The highest BCUT2D eigenvalue weighted by Gasteiger charge is 2.26. The van der Waals surface area contributed by atoms with Crippen LogP contribution < -0.4 is 4.74 Å². The molecule has 1 heterocycles. The van der Waals surface area contributed by atoms with E-state index in [4.69, 9.17) is 21.4 Å². The van der Waals surface area contributed by atoms with E-state index in [0.717, 1.165) is 22.4 Å². The Morgan fingerprint density at radius 3 is 2.80 bits per heavy atom. The van der Waals surface area contributed by atoms with Crippen LogP contribution in [0.1, 0.15) is 24.5 Å². The molecule has 4 heteroatoms. The Balaban J connectivity index is 2.05. The van der Waals surface area contributed by atoms with Crippen LogP contribution >= 0.6 is 11.6 Å². The minimum atomic E-state index is -0.823. The smallest absolute Gasteiger partial charge is 0.303 e. The summed E-state index contributed by atoms with van der Waals surface area (Å²) in [6, 6.07) is 13.4. The van der Waals surface area contributed by atoms with Gasteiger partial charge in [0, 0.05) is 22.6 Å². The minimum absolute atomic E-state index is 0.0682. The molecule has 1 aliphatic heterocycles. The zero-order valence-corrected chi connectivity index (χ0v) is 11.4. The van der Waals surface area contributed by atoms with Crippen molar-refractivity contribution in [1.82, 2.24) is 0 Å². The van der Waals surface area contributed by atoms with E-state index in [1.165, 1.54) is 0 Å². The number of ether oxygens (including phenoxy) is 1. The summed E-state index contributed by atoms with van der Waals surface area (Å²) in [5, 5.41) is 9.49. The van der Waals surface area contributed by atoms with E-state index in [1.807, 2.05) is 42.5 Å². The molecule has 0 saturated heterocycles. The number of benzene rings is 2. The third-order valence-corrected chi connectivity index (χ3v) is 3.66. The van der Waals surface area contributed by atoms with Crippen LogP contribution in [-0.2, 0) is 4.79 Å². The maximum absolute atomic E-state index is 10.8. The van der Waals surface area contributed by atoms with E-state index in [-0.39, 0.29) is 12.5 Å². The van der Waals surface area contributed by atoms with Gasteiger partial charge in [0.2, 0.25) is 0 Å². The molecule has 0 aliphatic carbocycles. The Morgan fingerprint density at radius 1 is 1.20 bits per heavy atom. The van der Waals surface area contributed by atoms with Crippen LogP contribution in [0.3, 0.4) is 0 Å². The lowest BCUT2D eigenvalue weighted by Crippen LogP contribution is -2.15. The molecule has 1 aliphatic rings. The molecule has 0 bridgehead atoms. The summed E-state index contributed by atoms with van der Waals surface area (Å²) in [7, 11) is 0. The normalized spacial score (nSPS) is 15.9. The molecule has 102 valence electrons. The predicted octanol–water partition coefficient (Wildman–Crippen LogP) is 4.31. The van der Waals surface area contributed by atoms with E-state index in [1.54, 1.807) is 0 Å². The lowest BCUT2D eigenvalue weighted by Gasteiger charge is -2.28. The van der Waals surface area contributed by atoms with Gasteiger partial charge in [-0.05, 0) is 30.2 Å². The lowest BCUT2D eigenvalue weighted by atomic mass is 9.91. The molecule has 3 nitrogen and oxygen atoms in total. The molecule has 1 N–H and O–H groups in total. The molecule has 0 saturated carbocycles. The summed E-state index contributed by atoms with van der Waals surface area (Å²) in [5.41, 5.74) is 3.04. The zero-order chi connectivity index (χ0) is 14.1. The van der Waals surface area contributed by atoms with Crippen molar-refractivity contribution in [3.8, 4) is 16.9 Å². The average molecular weight is 289 g/mol. The molecule has 0 spiro atoms. The van der Waals surface area contributed by atoms with Crippen LogP contribution in [0.4, 0.5) is 0 Å². The first-order valence-electron chi connectivity index (χ1n) is 6.42. The lowest BCUT2D eigenvalue weighted by molar-refractivity contribution is -0.137. The van der Waals surface area contributed by atoms with Crippen LogP contribution in [0.2, 0.25) is 5.02 Å². The quantitative estimate of drug-likeness (QED) is 0.915. The molecule has 0 radical (unpaired) electrons. The molecule has 20 heavy (non-hydrogen) atoms. The van der Waals surface area contributed by atoms with Crippen molar-refractivity contribution in [3.63, 3.8) is 0 Å². The van der Waals surface area contributed by atoms with Crippen LogP contribution in [-0.4, -0.2) is 11.1 Å². The number of fused-ring (bicyclic) bond motifs is 3. The van der Waals surface area contributed by atoms with Crippen LogP contribution in [0, 0.1) is 0 Å². The van der Waals surface area contributed by atoms with Crippen molar-refractivity contribution in [3.05, 3.63) is 53.1 Å². The van der Waals surface area contributed by atoms with Gasteiger partial charge in [0.05, 0.1) is 0 Å². The number of carboxylic acid groups (broad SMARTS) is 1. The molecule has 0 fully saturated rings. The highest BCUT2D eigenvalue weighted by atomic mass is 35.5. The van der Waals surface area contributed by atoms with Gasteiger partial charge in [-0.3, -0.25) is 4.79 Å². The fraction of sp³-hybridized carbons (Fsp3) is 0.188. The maximum atomic E-state index is 10.8. The first-order valence-corrected chi connectivity index (χ1v) is 6.80. The minimum Gasteiger partial charge on any atom is -0.485 e. The maximum Gasteiger partial charge on any atom is 0.303 e. The van der Waals surface area contributed by atoms with E-state index in [0.29, 0.717) is 11.4 Å². The number of halogens is 1. The zero-order valence-electron chi connectivity index (χ0n) is 10.7. The van der Waals surface area contributed by atoms with Gasteiger partial charge in [-0.15, -0.1) is 0 Å². The van der Waals surface area contributed by atoms with Gasteiger partial charge in [-0.1, -0.05) is 35.9 Å². The van der Waals surface area contributed by atoms with Gasteiger partial charge in [-0.2, -0.15) is 0 Å². The average Bonchev–Trinajstić information content (AvgIpc) is 2.44. The van der Waals surface area contributed by atoms with Gasteiger partial charge in [0.25, 0.3) is 0 Å². The van der Waals surface area contributed by atoms with Crippen molar-refractivity contribution in [1.29, 1.82) is 0 Å². The van der Waals surface area contributed by atoms with Crippen LogP contribution in [0.15, 0.2) is 42.5 Å². The van der Waals surface area contributed by atoms with Gasteiger partial charge >= 0.3 is 5.97 Å². The molecule has 0 aromatic heterocycles. The third kappa shape index (κ3) is 2.37. The van der Waals surface area contributed by atoms with Gasteiger partial charge < -0.3 is 9.84 Å². The Morgan fingerprint density at radius 2 is 2.00 bits per heavy atom. The molecular formula is C16H13ClO3. The number of carboxylic acids is 1. The molecule has 2 aromatic rings. The van der Waals surface area contributed by atoms with E-state index in [2.05, 4.69) is 0 Å². The number of aliphatic carboxylic acids is 1. The standard InChI is InChI=1S/C16H13ClO3/c17-10-5-6-11-12-3-1-2-4-14(12)20-15(13(11)9-10)7-8-16(18)19/h1-6,9,15H,7-8H2,(H,18,19). The van der Waals surface area contributed by atoms with Crippen molar-refractivity contribution in [2.75, 3.05) is 0 Å². The van der Waals surface area contributed by atoms with Crippen LogP contribution in [0.25, 0.3) is 11.1 Å². The molecule has 1 atom stereocenters. The Kier molecular flexibility index (Phi) is 3.36. The summed E-state index contributed by atoms with van der Waals surface area (Å²) < 4.78 is 5.94. The largest absolute Gasteiger partial charge is 0.485 e. The summed E-state index contributed by atoms with van der Waals surface area (Å²) >= 11 is 6.06. The second-order valence-corrected chi connectivity index (χ2v) is 5.20. The summed E-state index contributed by atoms with van der Waals surface area (Å²) in [5.74, 6) is -0.0336. The number of hydrogen-bond acceptors (Lipinski definition) is 2. The first kappa shape index (κ1) is 13.0. The number of carbonyl (C=O) groups is 1. The molecule has 2 aromatic carbocycles. The van der Waals surface area contributed by atoms with E-state index < -0.39 is 5.97 Å². The fourth-order valence-electron chi connectivity index (χ4n) is 2.52. The molecular weight excluding hydrogens is 276 g/mol. The highest BCUT2D eigenvalue weighted by molar-refractivity contribution is 6.30. The van der Waals surface area contributed by atoms with Crippen molar-refractivity contribution in [2.24, 2.45) is 0 Å². The van der Waals surface area contributed by atoms with E-state index in [9.17, 15) is 4.79 Å². The van der Waals surface area contributed by atoms with Crippen LogP contribution in [0.5, 0.6) is 5.75 Å². The fourth-order valence-corrected chi connectivity index (χ4v) is 2.70. The SMILES string of the molecule is O=C(O)CCC1Oc2ccccc2-c2ccc(Cl)cc21. The Labute approximate surface area is 121 Å².